The molecule has 1 aliphatic rings. The maximum Gasteiger partial charge on any atom is 0.137 e. The second-order valence-electron chi connectivity index (χ2n) is 4.57. The molecule has 0 spiro atoms. The van der Waals surface area contributed by atoms with Gasteiger partial charge >= 0.3 is 0 Å². The van der Waals surface area contributed by atoms with Gasteiger partial charge in [-0.3, -0.25) is 0 Å². The quantitative estimate of drug-likeness (QED) is 0.798. The smallest absolute Gasteiger partial charge is 0.137 e. The zero-order valence-electron chi connectivity index (χ0n) is 10.6. The standard InChI is InChI=1S/C14H18BrFN2/c1-2-3-8-18-9-4-5-14(18)17-11-6-7-13(16)12(15)10-11/h6-7,10H,2-5,8-9H2,1H3. The molecule has 4 heteroatoms. The first kappa shape index (κ1) is 13.5. The number of unbranched alkanes of at least 4 members (excludes halogenated alkanes) is 1. The third-order valence-corrected chi connectivity index (χ3v) is 3.74. The molecule has 0 saturated carbocycles. The summed E-state index contributed by atoms with van der Waals surface area (Å²) >= 11 is 3.19. The number of rotatable bonds is 4. The Balaban J connectivity index is 2.13. The van der Waals surface area contributed by atoms with Gasteiger partial charge in [-0.1, -0.05) is 13.3 Å². The van der Waals surface area contributed by atoms with Crippen molar-refractivity contribution in [1.82, 2.24) is 4.90 Å². The molecule has 0 atom stereocenters. The van der Waals surface area contributed by atoms with Crippen molar-refractivity contribution in [2.75, 3.05) is 13.1 Å². The van der Waals surface area contributed by atoms with Gasteiger partial charge in [0.15, 0.2) is 0 Å². The van der Waals surface area contributed by atoms with E-state index >= 15 is 0 Å². The number of benzene rings is 1. The van der Waals surface area contributed by atoms with Gasteiger partial charge in [-0.15, -0.1) is 0 Å². The minimum Gasteiger partial charge on any atom is -0.360 e. The lowest BCUT2D eigenvalue weighted by Crippen LogP contribution is -2.25. The molecule has 1 saturated heterocycles. The van der Waals surface area contributed by atoms with Crippen molar-refractivity contribution in [3.05, 3.63) is 28.5 Å². The maximum absolute atomic E-state index is 13.1. The Bertz CT molecular complexity index is 445. The highest BCUT2D eigenvalue weighted by atomic mass is 79.9. The summed E-state index contributed by atoms with van der Waals surface area (Å²) in [6.07, 6.45) is 4.60. The van der Waals surface area contributed by atoms with E-state index in [-0.39, 0.29) is 5.82 Å². The SMILES string of the molecule is CCCCN1CCCC1=Nc1ccc(F)c(Br)c1. The topological polar surface area (TPSA) is 15.6 Å². The zero-order chi connectivity index (χ0) is 13.0. The fourth-order valence-electron chi connectivity index (χ4n) is 2.14. The zero-order valence-corrected chi connectivity index (χ0v) is 12.2. The minimum absolute atomic E-state index is 0.242. The second kappa shape index (κ2) is 6.32. The average molecular weight is 313 g/mol. The molecule has 1 heterocycles. The summed E-state index contributed by atoms with van der Waals surface area (Å²) in [5, 5.41) is 0. The second-order valence-corrected chi connectivity index (χ2v) is 5.42. The number of halogens is 2. The molecule has 1 aromatic rings. The molecule has 0 radical (unpaired) electrons. The van der Waals surface area contributed by atoms with E-state index in [9.17, 15) is 4.39 Å². The molecule has 1 aliphatic heterocycles. The van der Waals surface area contributed by atoms with Gasteiger partial charge in [0.1, 0.15) is 11.7 Å². The first-order valence-corrected chi connectivity index (χ1v) is 7.27. The van der Waals surface area contributed by atoms with E-state index in [1.165, 1.54) is 25.3 Å². The number of hydrogen-bond donors (Lipinski definition) is 0. The number of hydrogen-bond acceptors (Lipinski definition) is 1. The summed E-state index contributed by atoms with van der Waals surface area (Å²) in [4.78, 5) is 6.99. The van der Waals surface area contributed by atoms with Crippen LogP contribution in [0.4, 0.5) is 10.1 Å². The van der Waals surface area contributed by atoms with Gasteiger partial charge in [-0.05, 0) is 47.0 Å². The predicted octanol–water partition coefficient (Wildman–Crippen LogP) is 4.51. The Kier molecular flexibility index (Phi) is 4.75. The Labute approximate surface area is 116 Å². The van der Waals surface area contributed by atoms with Crippen LogP contribution in [-0.4, -0.2) is 23.8 Å². The maximum atomic E-state index is 13.1. The molecular formula is C14H18BrFN2. The number of nitrogens with zero attached hydrogens (tertiary/aromatic N) is 2. The van der Waals surface area contributed by atoms with Crippen molar-refractivity contribution < 1.29 is 4.39 Å². The summed E-state index contributed by atoms with van der Waals surface area (Å²) < 4.78 is 13.6. The van der Waals surface area contributed by atoms with Gasteiger partial charge in [0, 0.05) is 19.5 Å². The Morgan fingerprint density at radius 2 is 2.28 bits per heavy atom. The molecule has 18 heavy (non-hydrogen) atoms. The highest BCUT2D eigenvalue weighted by Gasteiger charge is 2.17. The predicted molar refractivity (Wildman–Crippen MR) is 76.9 cm³/mol. The summed E-state index contributed by atoms with van der Waals surface area (Å²) in [6, 6.07) is 4.91. The van der Waals surface area contributed by atoms with Gasteiger partial charge in [-0.2, -0.15) is 0 Å². The van der Waals surface area contributed by atoms with Crippen molar-refractivity contribution in [2.24, 2.45) is 4.99 Å². The van der Waals surface area contributed by atoms with Crippen LogP contribution in [0.2, 0.25) is 0 Å². The lowest BCUT2D eigenvalue weighted by Gasteiger charge is -2.18. The normalized spacial score (nSPS) is 17.7. The van der Waals surface area contributed by atoms with Crippen LogP contribution >= 0.6 is 15.9 Å². The van der Waals surface area contributed by atoms with Gasteiger partial charge in [0.2, 0.25) is 0 Å². The monoisotopic (exact) mass is 312 g/mol. The van der Waals surface area contributed by atoms with E-state index in [4.69, 9.17) is 0 Å². The number of amidine groups is 1. The number of likely N-dealkylation sites (tertiary alicyclic amines) is 1. The van der Waals surface area contributed by atoms with Crippen molar-refractivity contribution in [2.45, 2.75) is 32.6 Å². The van der Waals surface area contributed by atoms with E-state index in [1.807, 2.05) is 0 Å². The van der Waals surface area contributed by atoms with Gasteiger partial charge in [0.05, 0.1) is 10.2 Å². The van der Waals surface area contributed by atoms with E-state index in [0.29, 0.717) is 4.47 Å². The van der Waals surface area contributed by atoms with Crippen molar-refractivity contribution >= 4 is 27.5 Å². The van der Waals surface area contributed by atoms with E-state index in [2.05, 4.69) is 32.7 Å². The molecule has 2 nitrogen and oxygen atoms in total. The van der Waals surface area contributed by atoms with E-state index in [0.717, 1.165) is 31.0 Å². The van der Waals surface area contributed by atoms with Crippen LogP contribution in [0.3, 0.4) is 0 Å². The molecule has 0 amide bonds. The molecule has 98 valence electrons. The Morgan fingerprint density at radius 3 is 3.00 bits per heavy atom. The summed E-state index contributed by atoms with van der Waals surface area (Å²) in [6.45, 7) is 4.38. The number of aliphatic imine (C=N–C) groups is 1. The minimum atomic E-state index is -0.242. The van der Waals surface area contributed by atoms with Gasteiger partial charge < -0.3 is 4.90 Å². The largest absolute Gasteiger partial charge is 0.360 e. The Hall–Kier alpha value is -0.900. The molecule has 1 aromatic carbocycles. The summed E-state index contributed by atoms with van der Waals surface area (Å²) in [7, 11) is 0. The lowest BCUT2D eigenvalue weighted by molar-refractivity contribution is 0.440. The van der Waals surface area contributed by atoms with Crippen LogP contribution in [0, 0.1) is 5.82 Å². The van der Waals surface area contributed by atoms with Crippen LogP contribution in [0.15, 0.2) is 27.7 Å². The van der Waals surface area contributed by atoms with Gasteiger partial charge in [0.25, 0.3) is 0 Å². The van der Waals surface area contributed by atoms with Crippen LogP contribution in [0.5, 0.6) is 0 Å². The summed E-state index contributed by atoms with van der Waals surface area (Å²) in [5.41, 5.74) is 0.821. The molecule has 0 unspecified atom stereocenters. The molecule has 1 fully saturated rings. The summed E-state index contributed by atoms with van der Waals surface area (Å²) in [5.74, 6) is 0.898. The van der Waals surface area contributed by atoms with E-state index < -0.39 is 0 Å². The molecular weight excluding hydrogens is 295 g/mol. The van der Waals surface area contributed by atoms with E-state index in [1.54, 1.807) is 12.1 Å². The molecule has 0 N–H and O–H groups in total. The van der Waals surface area contributed by atoms with Crippen LogP contribution in [0.1, 0.15) is 32.6 Å². The van der Waals surface area contributed by atoms with Crippen molar-refractivity contribution in [1.29, 1.82) is 0 Å². The first-order chi connectivity index (χ1) is 8.70. The van der Waals surface area contributed by atoms with Crippen molar-refractivity contribution in [3.8, 4) is 0 Å². The first-order valence-electron chi connectivity index (χ1n) is 6.48. The highest BCUT2D eigenvalue weighted by molar-refractivity contribution is 9.10. The van der Waals surface area contributed by atoms with Crippen LogP contribution < -0.4 is 0 Å². The average Bonchev–Trinajstić information content (AvgIpc) is 2.79. The third kappa shape index (κ3) is 3.31. The van der Waals surface area contributed by atoms with Crippen molar-refractivity contribution in [3.63, 3.8) is 0 Å². The Morgan fingerprint density at radius 1 is 1.44 bits per heavy atom. The van der Waals surface area contributed by atoms with Crippen LogP contribution in [0.25, 0.3) is 0 Å². The van der Waals surface area contributed by atoms with Gasteiger partial charge in [-0.25, -0.2) is 9.38 Å². The molecule has 2 rings (SSSR count). The fraction of sp³-hybridized carbons (Fsp3) is 0.500. The fourth-order valence-corrected chi connectivity index (χ4v) is 2.50. The third-order valence-electron chi connectivity index (χ3n) is 3.14. The molecule has 0 aliphatic carbocycles. The molecule has 0 aromatic heterocycles. The lowest BCUT2D eigenvalue weighted by atomic mass is 10.3. The molecule has 0 bridgehead atoms. The highest BCUT2D eigenvalue weighted by Crippen LogP contribution is 2.24. The van der Waals surface area contributed by atoms with Crippen LogP contribution in [-0.2, 0) is 0 Å².